The zero-order chi connectivity index (χ0) is 18.4. The molecule has 1 aliphatic heterocycles. The monoisotopic (exact) mass is 356 g/mol. The Morgan fingerprint density at radius 2 is 2.12 bits per heavy atom. The van der Waals surface area contributed by atoms with E-state index < -0.39 is 18.6 Å². The number of carbonyl (C=O) groups is 2. The molecule has 1 heterocycles. The first-order valence-corrected chi connectivity index (χ1v) is 8.17. The number of nitrogens with zero attached hydrogens (tertiary/aromatic N) is 1. The highest BCUT2D eigenvalue weighted by Gasteiger charge is 2.30. The molecule has 0 aromatic heterocycles. The number of likely N-dealkylation sites (tertiary alicyclic amines) is 1. The highest BCUT2D eigenvalue weighted by atomic mass is 19.3. The third-order valence-electron chi connectivity index (χ3n) is 3.98. The van der Waals surface area contributed by atoms with Crippen LogP contribution in [-0.2, 0) is 4.79 Å². The first-order valence-electron chi connectivity index (χ1n) is 8.17. The number of halogens is 2. The van der Waals surface area contributed by atoms with E-state index in [0.717, 1.165) is 0 Å². The molecule has 2 amide bonds. The summed E-state index contributed by atoms with van der Waals surface area (Å²) in [6.07, 6.45) is 0.615. The minimum absolute atomic E-state index is 0.0489. The highest BCUT2D eigenvalue weighted by Crippen LogP contribution is 2.25. The van der Waals surface area contributed by atoms with Crippen molar-refractivity contribution in [2.24, 2.45) is 5.92 Å². The van der Waals surface area contributed by atoms with Crippen LogP contribution in [0.15, 0.2) is 24.3 Å². The summed E-state index contributed by atoms with van der Waals surface area (Å²) in [7, 11) is 0. The number of aliphatic hydroxyl groups excluding tert-OH is 1. The Morgan fingerprint density at radius 1 is 1.40 bits per heavy atom. The molecule has 25 heavy (non-hydrogen) atoms. The summed E-state index contributed by atoms with van der Waals surface area (Å²) in [5.74, 6) is -1.23. The van der Waals surface area contributed by atoms with Crippen molar-refractivity contribution in [2.75, 3.05) is 19.6 Å². The molecule has 1 fully saturated rings. The van der Waals surface area contributed by atoms with E-state index in [9.17, 15) is 23.5 Å². The van der Waals surface area contributed by atoms with E-state index in [1.807, 2.05) is 0 Å². The second-order valence-electron chi connectivity index (χ2n) is 6.06. The number of aliphatic hydroxyl groups is 1. The summed E-state index contributed by atoms with van der Waals surface area (Å²) in [5, 5.41) is 11.9. The predicted molar refractivity (Wildman–Crippen MR) is 86.4 cm³/mol. The fourth-order valence-electron chi connectivity index (χ4n) is 2.78. The topological polar surface area (TPSA) is 78.9 Å². The van der Waals surface area contributed by atoms with Gasteiger partial charge in [0.1, 0.15) is 5.75 Å². The van der Waals surface area contributed by atoms with E-state index in [-0.39, 0.29) is 36.2 Å². The van der Waals surface area contributed by atoms with Crippen molar-refractivity contribution >= 4 is 11.8 Å². The lowest BCUT2D eigenvalue weighted by molar-refractivity contribution is -0.126. The minimum atomic E-state index is -3.02. The predicted octanol–water partition coefficient (Wildman–Crippen LogP) is 1.64. The van der Waals surface area contributed by atoms with Gasteiger partial charge in [0.15, 0.2) is 0 Å². The van der Waals surface area contributed by atoms with Crippen molar-refractivity contribution in [3.63, 3.8) is 0 Å². The lowest BCUT2D eigenvalue weighted by Gasteiger charge is -2.32. The van der Waals surface area contributed by atoms with Gasteiger partial charge in [-0.1, -0.05) is 12.1 Å². The number of carbonyl (C=O) groups excluding carboxylic acids is 2. The first-order chi connectivity index (χ1) is 11.9. The zero-order valence-electron chi connectivity index (χ0n) is 14.0. The Kier molecular flexibility index (Phi) is 6.69. The lowest BCUT2D eigenvalue weighted by Crippen LogP contribution is -2.46. The summed E-state index contributed by atoms with van der Waals surface area (Å²) in [5.41, 5.74) is 0.0489. The Bertz CT molecular complexity index is 610. The minimum Gasteiger partial charge on any atom is -0.434 e. The van der Waals surface area contributed by atoms with Gasteiger partial charge in [-0.25, -0.2) is 0 Å². The van der Waals surface area contributed by atoms with Gasteiger partial charge < -0.3 is 20.1 Å². The average Bonchev–Trinajstić information content (AvgIpc) is 2.59. The molecule has 1 saturated heterocycles. The maximum Gasteiger partial charge on any atom is 0.387 e. The number of para-hydroxylation sites is 1. The smallest absolute Gasteiger partial charge is 0.387 e. The fraction of sp³-hybridized carbons (Fsp3) is 0.529. The molecule has 1 aliphatic rings. The van der Waals surface area contributed by atoms with Crippen molar-refractivity contribution in [2.45, 2.75) is 32.5 Å². The number of rotatable bonds is 6. The summed E-state index contributed by atoms with van der Waals surface area (Å²) < 4.78 is 29.4. The number of ether oxygens (including phenoxy) is 1. The van der Waals surface area contributed by atoms with Crippen molar-refractivity contribution in [3.8, 4) is 5.75 Å². The summed E-state index contributed by atoms with van der Waals surface area (Å²) in [4.78, 5) is 26.3. The summed E-state index contributed by atoms with van der Waals surface area (Å²) >= 11 is 0. The van der Waals surface area contributed by atoms with Crippen molar-refractivity contribution in [1.29, 1.82) is 0 Å². The Hall–Kier alpha value is -2.22. The molecule has 2 N–H and O–H groups in total. The van der Waals surface area contributed by atoms with Gasteiger partial charge in [-0.3, -0.25) is 9.59 Å². The average molecular weight is 356 g/mol. The van der Waals surface area contributed by atoms with Crippen LogP contribution in [0.2, 0.25) is 0 Å². The van der Waals surface area contributed by atoms with Crippen LogP contribution < -0.4 is 10.1 Å². The standard InChI is InChI=1S/C17H22F2N2O4/c1-11(22)9-20-15(23)12-5-4-8-21(10-12)16(24)13-6-2-3-7-14(13)25-17(18)19/h2-3,6-7,11-12,17,22H,4-5,8-10H2,1H3,(H,20,23). The number of hydrogen-bond acceptors (Lipinski definition) is 4. The van der Waals surface area contributed by atoms with Crippen LogP contribution >= 0.6 is 0 Å². The van der Waals surface area contributed by atoms with Gasteiger partial charge in [0.05, 0.1) is 17.6 Å². The molecule has 0 spiro atoms. The molecule has 8 heteroatoms. The fourth-order valence-corrected chi connectivity index (χ4v) is 2.78. The van der Waals surface area contributed by atoms with Crippen LogP contribution in [0.3, 0.4) is 0 Å². The number of nitrogens with one attached hydrogen (secondary N) is 1. The number of amides is 2. The van der Waals surface area contributed by atoms with Gasteiger partial charge >= 0.3 is 6.61 Å². The number of benzene rings is 1. The quantitative estimate of drug-likeness (QED) is 0.812. The summed E-state index contributed by atoms with van der Waals surface area (Å²) in [6.45, 7) is -0.657. The van der Waals surface area contributed by atoms with Crippen LogP contribution in [0.25, 0.3) is 0 Å². The Balaban J connectivity index is 2.06. The van der Waals surface area contributed by atoms with Crippen molar-refractivity contribution in [1.82, 2.24) is 10.2 Å². The van der Waals surface area contributed by atoms with Gasteiger partial charge in [0.25, 0.3) is 5.91 Å². The van der Waals surface area contributed by atoms with Gasteiger partial charge in [0, 0.05) is 19.6 Å². The maximum absolute atomic E-state index is 12.7. The van der Waals surface area contributed by atoms with E-state index in [4.69, 9.17) is 0 Å². The second kappa shape index (κ2) is 8.75. The molecule has 1 aromatic rings. The van der Waals surface area contributed by atoms with E-state index in [1.165, 1.54) is 23.1 Å². The first kappa shape index (κ1) is 19.1. The molecule has 0 saturated carbocycles. The SMILES string of the molecule is CC(O)CNC(=O)C1CCCN(C(=O)c2ccccc2OC(F)F)C1. The van der Waals surface area contributed by atoms with Gasteiger partial charge in [0.2, 0.25) is 5.91 Å². The maximum atomic E-state index is 12.7. The summed E-state index contributed by atoms with van der Waals surface area (Å²) in [6, 6.07) is 5.83. The molecule has 0 radical (unpaired) electrons. The van der Waals surface area contributed by atoms with Crippen LogP contribution in [0.1, 0.15) is 30.1 Å². The van der Waals surface area contributed by atoms with E-state index >= 15 is 0 Å². The third-order valence-corrected chi connectivity index (χ3v) is 3.98. The Labute approximate surface area is 144 Å². The van der Waals surface area contributed by atoms with Gasteiger partial charge in [-0.2, -0.15) is 8.78 Å². The molecule has 0 bridgehead atoms. The zero-order valence-corrected chi connectivity index (χ0v) is 14.0. The van der Waals surface area contributed by atoms with Crippen molar-refractivity contribution < 1.29 is 28.2 Å². The van der Waals surface area contributed by atoms with E-state index in [1.54, 1.807) is 13.0 Å². The molecule has 2 rings (SSSR count). The largest absolute Gasteiger partial charge is 0.434 e. The molecular formula is C17H22F2N2O4. The highest BCUT2D eigenvalue weighted by molar-refractivity contribution is 5.97. The van der Waals surface area contributed by atoms with E-state index in [0.29, 0.717) is 19.4 Å². The number of alkyl halides is 2. The second-order valence-corrected chi connectivity index (χ2v) is 6.06. The molecule has 1 aromatic carbocycles. The lowest BCUT2D eigenvalue weighted by atomic mass is 9.96. The van der Waals surface area contributed by atoms with Crippen LogP contribution in [0.4, 0.5) is 8.78 Å². The molecular weight excluding hydrogens is 334 g/mol. The molecule has 2 atom stereocenters. The van der Waals surface area contributed by atoms with Crippen molar-refractivity contribution in [3.05, 3.63) is 29.8 Å². The molecule has 2 unspecified atom stereocenters. The molecule has 138 valence electrons. The van der Waals surface area contributed by atoms with Crippen LogP contribution in [-0.4, -0.2) is 54.2 Å². The number of piperidine rings is 1. The van der Waals surface area contributed by atoms with E-state index in [2.05, 4.69) is 10.1 Å². The molecule has 6 nitrogen and oxygen atoms in total. The third kappa shape index (κ3) is 5.38. The van der Waals surface area contributed by atoms with Crippen LogP contribution in [0.5, 0.6) is 5.75 Å². The number of hydrogen-bond donors (Lipinski definition) is 2. The van der Waals surface area contributed by atoms with Gasteiger partial charge in [-0.05, 0) is 31.9 Å². The van der Waals surface area contributed by atoms with Crippen LogP contribution in [0, 0.1) is 5.92 Å². The molecule has 0 aliphatic carbocycles. The normalized spacial score (nSPS) is 18.8. The van der Waals surface area contributed by atoms with Gasteiger partial charge in [-0.15, -0.1) is 0 Å². The Morgan fingerprint density at radius 3 is 2.80 bits per heavy atom.